The molecule has 3 heterocycles. The molecule has 1 saturated heterocycles. The highest BCUT2D eigenvalue weighted by Crippen LogP contribution is 2.27. The van der Waals surface area contributed by atoms with E-state index in [-0.39, 0.29) is 11.6 Å². The summed E-state index contributed by atoms with van der Waals surface area (Å²) in [6.07, 6.45) is 2.90. The van der Waals surface area contributed by atoms with Gasteiger partial charge in [0.25, 0.3) is 11.6 Å². The van der Waals surface area contributed by atoms with Crippen LogP contribution in [0.3, 0.4) is 0 Å². The maximum absolute atomic E-state index is 12.6. The molecule has 136 valence electrons. The molecule has 0 bridgehead atoms. The number of rotatable bonds is 4. The van der Waals surface area contributed by atoms with Crippen LogP contribution in [0, 0.1) is 10.1 Å². The maximum Gasteiger partial charge on any atom is 0.340 e. The Morgan fingerprint density at radius 1 is 1.19 bits per heavy atom. The number of fused-ring (bicyclic) bond motifs is 1. The smallest absolute Gasteiger partial charge is 0.340 e. The van der Waals surface area contributed by atoms with E-state index in [4.69, 9.17) is 4.74 Å². The van der Waals surface area contributed by atoms with Gasteiger partial charge in [-0.3, -0.25) is 14.9 Å². The van der Waals surface area contributed by atoms with Crippen molar-refractivity contribution in [3.05, 3.63) is 76.6 Å². The van der Waals surface area contributed by atoms with Crippen molar-refractivity contribution in [3.63, 3.8) is 0 Å². The molecule has 1 fully saturated rings. The molecule has 8 heteroatoms. The second-order valence-electron chi connectivity index (χ2n) is 6.21. The minimum atomic E-state index is -0.903. The summed E-state index contributed by atoms with van der Waals surface area (Å²) in [6, 6.07) is 13.1. The first-order valence-corrected chi connectivity index (χ1v) is 8.36. The summed E-state index contributed by atoms with van der Waals surface area (Å²) in [6.45, 7) is 0.329. The Balaban J connectivity index is 1.49. The van der Waals surface area contributed by atoms with Gasteiger partial charge in [-0.2, -0.15) is 0 Å². The zero-order valence-electron chi connectivity index (χ0n) is 14.1. The minimum absolute atomic E-state index is 0.0961. The van der Waals surface area contributed by atoms with Crippen LogP contribution in [-0.4, -0.2) is 33.8 Å². The first-order valence-electron chi connectivity index (χ1n) is 8.36. The average Bonchev–Trinajstić information content (AvgIpc) is 3.26. The fourth-order valence-electron chi connectivity index (χ4n) is 3.16. The molecular formula is C19H15N3O5. The number of pyridine rings is 1. The van der Waals surface area contributed by atoms with Crippen LogP contribution in [0.15, 0.2) is 60.9 Å². The van der Waals surface area contributed by atoms with Gasteiger partial charge in [-0.25, -0.2) is 4.79 Å². The molecule has 4 rings (SSSR count). The van der Waals surface area contributed by atoms with Crippen LogP contribution in [0.1, 0.15) is 16.8 Å². The molecular weight excluding hydrogens is 350 g/mol. The number of amides is 1. The summed E-state index contributed by atoms with van der Waals surface area (Å²) in [7, 11) is 0. The summed E-state index contributed by atoms with van der Waals surface area (Å²) >= 11 is 0. The van der Waals surface area contributed by atoms with Crippen molar-refractivity contribution in [1.29, 1.82) is 0 Å². The molecule has 0 N–H and O–H groups in total. The number of nitro benzene ring substituents is 1. The third-order valence-corrected chi connectivity index (χ3v) is 4.50. The van der Waals surface area contributed by atoms with Crippen molar-refractivity contribution < 1.29 is 19.2 Å². The summed E-state index contributed by atoms with van der Waals surface area (Å²) in [5.41, 5.74) is 1.53. The van der Waals surface area contributed by atoms with Crippen molar-refractivity contribution in [2.45, 2.75) is 12.5 Å². The van der Waals surface area contributed by atoms with E-state index in [0.717, 1.165) is 5.52 Å². The monoisotopic (exact) mass is 365 g/mol. The van der Waals surface area contributed by atoms with Gasteiger partial charge in [0.1, 0.15) is 0 Å². The van der Waals surface area contributed by atoms with E-state index in [1.54, 1.807) is 22.7 Å². The normalized spacial score (nSPS) is 16.7. The lowest BCUT2D eigenvalue weighted by atomic mass is 10.2. The quantitative estimate of drug-likeness (QED) is 0.403. The standard InChI is InChI=1S/C19H15N3O5/c23-18-17(7-9-21(18)15-5-3-6-16(11-15)22(25)26)27-19(24)13-10-14-4-1-2-8-20(14)12-13/h1-6,8,10-12,17H,7,9H2. The van der Waals surface area contributed by atoms with Crippen molar-refractivity contribution in [2.75, 3.05) is 11.4 Å². The van der Waals surface area contributed by atoms with Crippen molar-refractivity contribution in [2.24, 2.45) is 0 Å². The van der Waals surface area contributed by atoms with Crippen LogP contribution in [0.4, 0.5) is 11.4 Å². The van der Waals surface area contributed by atoms with Gasteiger partial charge >= 0.3 is 5.97 Å². The van der Waals surface area contributed by atoms with Gasteiger partial charge in [-0.15, -0.1) is 0 Å². The Morgan fingerprint density at radius 3 is 2.81 bits per heavy atom. The Bertz CT molecular complexity index is 1030. The van der Waals surface area contributed by atoms with E-state index in [1.165, 1.54) is 23.1 Å². The lowest BCUT2D eigenvalue weighted by Crippen LogP contribution is -2.32. The third kappa shape index (κ3) is 3.12. The number of esters is 1. The number of benzene rings is 1. The van der Waals surface area contributed by atoms with E-state index in [0.29, 0.717) is 24.2 Å². The van der Waals surface area contributed by atoms with Gasteiger partial charge in [-0.05, 0) is 24.3 Å². The SMILES string of the molecule is O=C(OC1CCN(c2cccc([N+](=O)[O-])c2)C1=O)c1cc2ccccn2c1. The molecule has 0 saturated carbocycles. The summed E-state index contributed by atoms with van der Waals surface area (Å²) in [5.74, 6) is -0.953. The number of aromatic nitrogens is 1. The molecule has 3 aromatic rings. The largest absolute Gasteiger partial charge is 0.449 e. The second kappa shape index (κ2) is 6.56. The lowest BCUT2D eigenvalue weighted by molar-refractivity contribution is -0.384. The Morgan fingerprint density at radius 2 is 2.04 bits per heavy atom. The van der Waals surface area contributed by atoms with E-state index in [2.05, 4.69) is 0 Å². The van der Waals surface area contributed by atoms with E-state index < -0.39 is 17.0 Å². The summed E-state index contributed by atoms with van der Waals surface area (Å²) < 4.78 is 7.19. The first kappa shape index (κ1) is 16.8. The topological polar surface area (TPSA) is 94.2 Å². The van der Waals surface area contributed by atoms with Crippen molar-refractivity contribution in [3.8, 4) is 0 Å². The molecule has 0 spiro atoms. The summed E-state index contributed by atoms with van der Waals surface area (Å²) in [5, 5.41) is 10.9. The number of hydrogen-bond donors (Lipinski definition) is 0. The van der Waals surface area contributed by atoms with E-state index in [1.807, 2.05) is 24.4 Å². The van der Waals surface area contributed by atoms with Crippen LogP contribution >= 0.6 is 0 Å². The Hall–Kier alpha value is -3.68. The first-order chi connectivity index (χ1) is 13.0. The van der Waals surface area contributed by atoms with Gasteiger partial charge < -0.3 is 14.0 Å². The number of carbonyl (C=O) groups is 2. The van der Waals surface area contributed by atoms with E-state index >= 15 is 0 Å². The zero-order chi connectivity index (χ0) is 19.0. The van der Waals surface area contributed by atoms with Gasteiger partial charge in [0.05, 0.1) is 16.2 Å². The highest BCUT2D eigenvalue weighted by atomic mass is 16.6. The highest BCUT2D eigenvalue weighted by Gasteiger charge is 2.36. The van der Waals surface area contributed by atoms with Gasteiger partial charge in [0.2, 0.25) is 0 Å². The fourth-order valence-corrected chi connectivity index (χ4v) is 3.16. The number of nitro groups is 1. The minimum Gasteiger partial charge on any atom is -0.449 e. The van der Waals surface area contributed by atoms with Gasteiger partial charge in [0.15, 0.2) is 6.10 Å². The molecule has 2 aromatic heterocycles. The second-order valence-corrected chi connectivity index (χ2v) is 6.21. The molecule has 1 aliphatic heterocycles. The van der Waals surface area contributed by atoms with Crippen LogP contribution in [0.25, 0.3) is 5.52 Å². The molecule has 1 amide bonds. The van der Waals surface area contributed by atoms with Crippen molar-refractivity contribution >= 4 is 28.8 Å². The predicted octanol–water partition coefficient (Wildman–Crippen LogP) is 2.81. The zero-order valence-corrected chi connectivity index (χ0v) is 14.1. The van der Waals surface area contributed by atoms with Crippen LogP contribution < -0.4 is 4.90 Å². The fraction of sp³-hybridized carbons (Fsp3) is 0.158. The Kier molecular flexibility index (Phi) is 4.08. The maximum atomic E-state index is 12.6. The van der Waals surface area contributed by atoms with Crippen molar-refractivity contribution in [1.82, 2.24) is 4.40 Å². The number of ether oxygens (including phenoxy) is 1. The lowest BCUT2D eigenvalue weighted by Gasteiger charge is -2.16. The predicted molar refractivity (Wildman–Crippen MR) is 96.7 cm³/mol. The number of non-ortho nitro benzene ring substituents is 1. The molecule has 0 aliphatic carbocycles. The number of carbonyl (C=O) groups excluding carboxylic acids is 2. The highest BCUT2D eigenvalue weighted by molar-refractivity contribution is 6.01. The van der Waals surface area contributed by atoms with Crippen LogP contribution in [-0.2, 0) is 9.53 Å². The molecule has 1 unspecified atom stereocenters. The molecule has 1 aromatic carbocycles. The Labute approximate surface area is 153 Å². The number of hydrogen-bond acceptors (Lipinski definition) is 5. The van der Waals surface area contributed by atoms with Crippen LogP contribution in [0.5, 0.6) is 0 Å². The molecule has 0 radical (unpaired) electrons. The third-order valence-electron chi connectivity index (χ3n) is 4.50. The molecule has 1 aliphatic rings. The molecule has 1 atom stereocenters. The molecule has 8 nitrogen and oxygen atoms in total. The van der Waals surface area contributed by atoms with Gasteiger partial charge in [-0.1, -0.05) is 12.1 Å². The van der Waals surface area contributed by atoms with Gasteiger partial charge in [0, 0.05) is 43.0 Å². The number of nitrogens with zero attached hydrogens (tertiary/aromatic N) is 3. The van der Waals surface area contributed by atoms with Crippen LogP contribution in [0.2, 0.25) is 0 Å². The van der Waals surface area contributed by atoms with E-state index in [9.17, 15) is 19.7 Å². The number of anilines is 1. The molecule has 27 heavy (non-hydrogen) atoms. The summed E-state index contributed by atoms with van der Waals surface area (Å²) in [4.78, 5) is 36.8. The average molecular weight is 365 g/mol.